The van der Waals surface area contributed by atoms with Crippen molar-refractivity contribution in [2.24, 2.45) is 0 Å². The molecule has 0 bridgehead atoms. The largest absolute Gasteiger partial charge is 0.494 e. The number of carbonyl (C=O) groups is 1. The number of amides is 1. The number of nitrogens with zero attached hydrogens (tertiary/aromatic N) is 2. The highest BCUT2D eigenvalue weighted by atomic mass is 16.5. The van der Waals surface area contributed by atoms with Crippen molar-refractivity contribution in [1.29, 1.82) is 0 Å². The van der Waals surface area contributed by atoms with E-state index in [0.29, 0.717) is 26.2 Å². The fourth-order valence-corrected chi connectivity index (χ4v) is 4.43. The molecule has 6 nitrogen and oxygen atoms in total. The lowest BCUT2D eigenvalue weighted by Gasteiger charge is -2.12. The Balaban J connectivity index is 1.19. The van der Waals surface area contributed by atoms with E-state index in [9.17, 15) is 4.79 Å². The molecule has 5 rings (SSSR count). The molecule has 2 heterocycles. The van der Waals surface area contributed by atoms with E-state index in [0.717, 1.165) is 48.4 Å². The first-order valence-corrected chi connectivity index (χ1v) is 11.7. The van der Waals surface area contributed by atoms with Crippen LogP contribution in [-0.2, 0) is 22.5 Å². The van der Waals surface area contributed by atoms with Gasteiger partial charge in [0.25, 0.3) is 0 Å². The van der Waals surface area contributed by atoms with Crippen LogP contribution in [-0.4, -0.2) is 41.3 Å². The summed E-state index contributed by atoms with van der Waals surface area (Å²) in [5.74, 6) is 1.86. The van der Waals surface area contributed by atoms with Gasteiger partial charge >= 0.3 is 0 Å². The first kappa shape index (κ1) is 21.5. The van der Waals surface area contributed by atoms with Crippen LogP contribution in [0.5, 0.6) is 5.75 Å². The quantitative estimate of drug-likeness (QED) is 0.387. The summed E-state index contributed by atoms with van der Waals surface area (Å²) in [5, 5.41) is 5.40. The third-order valence-corrected chi connectivity index (χ3v) is 6.12. The van der Waals surface area contributed by atoms with Gasteiger partial charge in [0.05, 0.1) is 17.6 Å². The zero-order valence-corrected chi connectivity index (χ0v) is 18.7. The molecule has 1 amide bonds. The first-order valence-electron chi connectivity index (χ1n) is 11.7. The Kier molecular flexibility index (Phi) is 6.53. The van der Waals surface area contributed by atoms with Crippen molar-refractivity contribution < 1.29 is 14.3 Å². The van der Waals surface area contributed by atoms with Crippen molar-refractivity contribution in [3.8, 4) is 5.75 Å². The molecule has 3 aromatic carbocycles. The molecular weight excluding hydrogens is 414 g/mol. The van der Waals surface area contributed by atoms with Crippen LogP contribution in [0.25, 0.3) is 21.8 Å². The molecule has 170 valence electrons. The van der Waals surface area contributed by atoms with E-state index in [1.54, 1.807) is 0 Å². The van der Waals surface area contributed by atoms with E-state index < -0.39 is 0 Å². The van der Waals surface area contributed by atoms with Gasteiger partial charge in [0.1, 0.15) is 17.7 Å². The van der Waals surface area contributed by atoms with Crippen molar-refractivity contribution in [2.75, 3.05) is 19.8 Å². The number of para-hydroxylation sites is 2. The molecule has 4 aromatic rings. The van der Waals surface area contributed by atoms with Gasteiger partial charge in [-0.2, -0.15) is 0 Å². The lowest BCUT2D eigenvalue weighted by Crippen LogP contribution is -2.35. The standard InChI is InChI=1S/C27H29N3O3/c31-27(25-11-5-17-33-25)28-15-14-26-29-23-9-3-4-10-24(23)30(26)16-6-18-32-22-13-12-20-7-1-2-8-21(20)19-22/h1-4,7-10,12-13,19,25H,5-6,11,14-18H2,(H,28,31). The summed E-state index contributed by atoms with van der Waals surface area (Å²) in [5.41, 5.74) is 2.09. The number of hydrogen-bond donors (Lipinski definition) is 1. The van der Waals surface area contributed by atoms with E-state index >= 15 is 0 Å². The molecule has 1 saturated heterocycles. The summed E-state index contributed by atoms with van der Waals surface area (Å²) < 4.78 is 13.7. The normalized spacial score (nSPS) is 15.8. The summed E-state index contributed by atoms with van der Waals surface area (Å²) in [7, 11) is 0. The third-order valence-electron chi connectivity index (χ3n) is 6.12. The molecule has 1 aliphatic heterocycles. The van der Waals surface area contributed by atoms with Gasteiger partial charge in [-0.15, -0.1) is 0 Å². The minimum atomic E-state index is -0.295. The highest BCUT2D eigenvalue weighted by molar-refractivity contribution is 5.83. The number of carbonyl (C=O) groups excluding carboxylic acids is 1. The molecule has 1 N–H and O–H groups in total. The summed E-state index contributed by atoms with van der Waals surface area (Å²) in [4.78, 5) is 17.1. The SMILES string of the molecule is O=C(NCCc1nc2ccccc2n1CCCOc1ccc2ccccc2c1)C1CCCO1. The van der Waals surface area contributed by atoms with Gasteiger partial charge in [0.2, 0.25) is 5.91 Å². The Morgan fingerprint density at radius 2 is 1.94 bits per heavy atom. The second-order valence-corrected chi connectivity index (χ2v) is 8.42. The van der Waals surface area contributed by atoms with E-state index in [-0.39, 0.29) is 12.0 Å². The molecule has 0 spiro atoms. The molecule has 1 atom stereocenters. The number of imidazole rings is 1. The molecule has 0 aliphatic carbocycles. The molecule has 33 heavy (non-hydrogen) atoms. The number of fused-ring (bicyclic) bond motifs is 2. The molecule has 1 aliphatic rings. The fraction of sp³-hybridized carbons (Fsp3) is 0.333. The average Bonchev–Trinajstić information content (AvgIpc) is 3.50. The van der Waals surface area contributed by atoms with Crippen molar-refractivity contribution >= 4 is 27.7 Å². The number of benzene rings is 3. The van der Waals surface area contributed by atoms with Crippen LogP contribution < -0.4 is 10.1 Å². The van der Waals surface area contributed by atoms with E-state index in [2.05, 4.69) is 40.2 Å². The third kappa shape index (κ3) is 5.01. The van der Waals surface area contributed by atoms with Crippen molar-refractivity contribution in [3.05, 3.63) is 72.6 Å². The predicted octanol–water partition coefficient (Wildman–Crippen LogP) is 4.50. The van der Waals surface area contributed by atoms with Gasteiger partial charge in [-0.3, -0.25) is 4.79 Å². The van der Waals surface area contributed by atoms with E-state index in [1.807, 2.05) is 36.4 Å². The van der Waals surface area contributed by atoms with Crippen molar-refractivity contribution in [1.82, 2.24) is 14.9 Å². The molecule has 1 fully saturated rings. The highest BCUT2D eigenvalue weighted by Gasteiger charge is 2.23. The Hall–Kier alpha value is -3.38. The van der Waals surface area contributed by atoms with Gasteiger partial charge in [-0.25, -0.2) is 4.98 Å². The number of aryl methyl sites for hydroxylation is 1. The predicted molar refractivity (Wildman–Crippen MR) is 129 cm³/mol. The summed E-state index contributed by atoms with van der Waals surface area (Å²) in [6.07, 6.45) is 3.01. The van der Waals surface area contributed by atoms with Gasteiger partial charge < -0.3 is 19.4 Å². The zero-order chi connectivity index (χ0) is 22.5. The summed E-state index contributed by atoms with van der Waals surface area (Å²) in [6.45, 7) is 2.66. The first-order chi connectivity index (χ1) is 16.3. The summed E-state index contributed by atoms with van der Waals surface area (Å²) >= 11 is 0. The maximum Gasteiger partial charge on any atom is 0.249 e. The Morgan fingerprint density at radius 1 is 1.09 bits per heavy atom. The Morgan fingerprint density at radius 3 is 2.82 bits per heavy atom. The van der Waals surface area contributed by atoms with Gasteiger partial charge in [0.15, 0.2) is 0 Å². The molecule has 1 aromatic heterocycles. The van der Waals surface area contributed by atoms with Crippen LogP contribution in [0.3, 0.4) is 0 Å². The molecule has 0 radical (unpaired) electrons. The molecule has 6 heteroatoms. The fourth-order valence-electron chi connectivity index (χ4n) is 4.43. The smallest absolute Gasteiger partial charge is 0.249 e. The number of rotatable bonds is 9. The van der Waals surface area contributed by atoms with Crippen molar-refractivity contribution in [2.45, 2.75) is 38.3 Å². The van der Waals surface area contributed by atoms with Crippen molar-refractivity contribution in [3.63, 3.8) is 0 Å². The van der Waals surface area contributed by atoms with Gasteiger partial charge in [-0.05, 0) is 54.3 Å². The average molecular weight is 444 g/mol. The Bertz CT molecular complexity index is 1240. The van der Waals surface area contributed by atoms with Crippen LogP contribution in [0.4, 0.5) is 0 Å². The van der Waals surface area contributed by atoms with Crippen LogP contribution in [0.2, 0.25) is 0 Å². The van der Waals surface area contributed by atoms with Crippen LogP contribution in [0, 0.1) is 0 Å². The second kappa shape index (κ2) is 10.0. The van der Waals surface area contributed by atoms with Crippen LogP contribution in [0.1, 0.15) is 25.1 Å². The van der Waals surface area contributed by atoms with Crippen LogP contribution in [0.15, 0.2) is 66.7 Å². The molecular formula is C27H29N3O3. The lowest BCUT2D eigenvalue weighted by atomic mass is 10.1. The molecule has 0 saturated carbocycles. The second-order valence-electron chi connectivity index (χ2n) is 8.42. The zero-order valence-electron chi connectivity index (χ0n) is 18.7. The minimum Gasteiger partial charge on any atom is -0.494 e. The molecule has 1 unspecified atom stereocenters. The van der Waals surface area contributed by atoms with Crippen LogP contribution >= 0.6 is 0 Å². The number of ether oxygens (including phenoxy) is 2. The van der Waals surface area contributed by atoms with Gasteiger partial charge in [0, 0.05) is 26.1 Å². The highest BCUT2D eigenvalue weighted by Crippen LogP contribution is 2.21. The van der Waals surface area contributed by atoms with E-state index in [1.165, 1.54) is 10.8 Å². The van der Waals surface area contributed by atoms with E-state index in [4.69, 9.17) is 14.5 Å². The lowest BCUT2D eigenvalue weighted by molar-refractivity contribution is -0.130. The summed E-state index contributed by atoms with van der Waals surface area (Å²) in [6, 6.07) is 22.7. The number of aromatic nitrogens is 2. The maximum absolute atomic E-state index is 12.2. The monoisotopic (exact) mass is 443 g/mol. The van der Waals surface area contributed by atoms with Gasteiger partial charge in [-0.1, -0.05) is 42.5 Å². The maximum atomic E-state index is 12.2. The minimum absolute atomic E-state index is 0.0149. The Labute approximate surface area is 193 Å². The number of nitrogens with one attached hydrogen (secondary N) is 1. The topological polar surface area (TPSA) is 65.4 Å². The number of hydrogen-bond acceptors (Lipinski definition) is 4.